The van der Waals surface area contributed by atoms with E-state index in [9.17, 15) is 9.90 Å². The van der Waals surface area contributed by atoms with E-state index in [4.69, 9.17) is 4.74 Å². The fraction of sp³-hybridized carbons (Fsp3) is 0.625. The van der Waals surface area contributed by atoms with Crippen LogP contribution in [0.15, 0.2) is 24.3 Å². The minimum Gasteiger partial charge on any atom is -0.504 e. The van der Waals surface area contributed by atoms with E-state index >= 15 is 0 Å². The average Bonchev–Trinajstić information content (AvgIpc) is 3.05. The maximum Gasteiger partial charge on any atom is 0.236 e. The van der Waals surface area contributed by atoms with E-state index in [-0.39, 0.29) is 23.0 Å². The largest absolute Gasteiger partial charge is 0.504 e. The third kappa shape index (κ3) is 6.95. The first kappa shape index (κ1) is 24.6. The minimum absolute atomic E-state index is 0.0236. The van der Waals surface area contributed by atoms with Crippen LogP contribution in [0.4, 0.5) is 0 Å². The van der Waals surface area contributed by atoms with Gasteiger partial charge in [-0.05, 0) is 71.3 Å². The summed E-state index contributed by atoms with van der Waals surface area (Å²) in [7, 11) is 0. The summed E-state index contributed by atoms with van der Waals surface area (Å²) in [6.45, 7) is 14.2. The van der Waals surface area contributed by atoms with Crippen LogP contribution in [0.2, 0.25) is 0 Å². The number of hydrogen-bond acceptors (Lipinski definition) is 5. The zero-order valence-corrected chi connectivity index (χ0v) is 20.0. The Morgan fingerprint density at radius 2 is 2.07 bits per heavy atom. The van der Waals surface area contributed by atoms with Crippen LogP contribution >= 0.6 is 11.8 Å². The zero-order chi connectivity index (χ0) is 22.1. The number of carbonyl (C=O) groups is 1. The molecule has 1 aliphatic rings. The Morgan fingerprint density at radius 1 is 1.33 bits per heavy atom. The molecule has 1 aromatic carbocycles. The van der Waals surface area contributed by atoms with Crippen LogP contribution in [0.1, 0.15) is 52.2 Å². The molecular weight excluding hydrogens is 396 g/mol. The SMILES string of the molecule is CC=CCc1cc(CC2SCN(CCCN(CC)CC)C2=O)cc(OC(C)C)c1O. The van der Waals surface area contributed by atoms with E-state index < -0.39 is 0 Å². The van der Waals surface area contributed by atoms with Crippen LogP contribution in [0, 0.1) is 0 Å². The van der Waals surface area contributed by atoms with Crippen molar-refractivity contribution in [2.24, 2.45) is 0 Å². The molecule has 1 aromatic rings. The van der Waals surface area contributed by atoms with Crippen molar-refractivity contribution in [2.75, 3.05) is 32.1 Å². The molecule has 0 aromatic heterocycles. The summed E-state index contributed by atoms with van der Waals surface area (Å²) < 4.78 is 5.83. The molecule has 168 valence electrons. The van der Waals surface area contributed by atoms with Gasteiger partial charge in [0, 0.05) is 12.1 Å². The smallest absolute Gasteiger partial charge is 0.236 e. The highest BCUT2D eigenvalue weighted by atomic mass is 32.2. The van der Waals surface area contributed by atoms with Crippen LogP contribution in [-0.2, 0) is 17.6 Å². The predicted octanol–water partition coefficient (Wildman–Crippen LogP) is 4.47. The minimum atomic E-state index is -0.0653. The van der Waals surface area contributed by atoms with Crippen LogP contribution < -0.4 is 4.74 Å². The number of aromatic hydroxyl groups is 1. The highest BCUT2D eigenvalue weighted by Gasteiger charge is 2.32. The summed E-state index contributed by atoms with van der Waals surface area (Å²) in [6, 6.07) is 3.91. The summed E-state index contributed by atoms with van der Waals surface area (Å²) in [5.41, 5.74) is 1.88. The monoisotopic (exact) mass is 434 g/mol. The van der Waals surface area contributed by atoms with Crippen LogP contribution in [0.3, 0.4) is 0 Å². The molecule has 1 N–H and O–H groups in total. The molecule has 2 rings (SSSR count). The van der Waals surface area contributed by atoms with Gasteiger partial charge in [-0.25, -0.2) is 0 Å². The molecule has 6 heteroatoms. The molecule has 1 amide bonds. The number of nitrogens with zero attached hydrogens (tertiary/aromatic N) is 2. The van der Waals surface area contributed by atoms with Gasteiger partial charge in [0.05, 0.1) is 17.2 Å². The van der Waals surface area contributed by atoms with Gasteiger partial charge in [-0.1, -0.05) is 32.1 Å². The average molecular weight is 435 g/mol. The highest BCUT2D eigenvalue weighted by molar-refractivity contribution is 8.01. The Bertz CT molecular complexity index is 717. The van der Waals surface area contributed by atoms with E-state index in [1.165, 1.54) is 0 Å². The number of amides is 1. The van der Waals surface area contributed by atoms with Gasteiger partial charge >= 0.3 is 0 Å². The van der Waals surface area contributed by atoms with Crippen LogP contribution in [0.5, 0.6) is 11.5 Å². The quantitative estimate of drug-likeness (QED) is 0.492. The Hall–Kier alpha value is -1.66. The number of thioether (sulfide) groups is 1. The van der Waals surface area contributed by atoms with Crippen molar-refractivity contribution >= 4 is 17.7 Å². The molecule has 1 heterocycles. The van der Waals surface area contributed by atoms with Crippen molar-refractivity contribution in [3.63, 3.8) is 0 Å². The molecule has 0 radical (unpaired) electrons. The third-order valence-corrected chi connectivity index (χ3v) is 6.62. The molecule has 1 aliphatic heterocycles. The standard InChI is InChI=1S/C24H38N2O3S/c1-6-9-11-20-14-19(15-21(23(20)27)29-18(4)5)16-22-24(28)26(17-30-22)13-10-12-25(7-2)8-3/h6,9,14-15,18,22,27H,7-8,10-13,16-17H2,1-5H3. The molecule has 1 atom stereocenters. The number of allylic oxidation sites excluding steroid dienone is 2. The number of rotatable bonds is 12. The van der Waals surface area contributed by atoms with Gasteiger partial charge in [0.25, 0.3) is 0 Å². The van der Waals surface area contributed by atoms with Gasteiger partial charge in [0.1, 0.15) is 0 Å². The van der Waals surface area contributed by atoms with E-state index in [2.05, 4.69) is 18.7 Å². The lowest BCUT2D eigenvalue weighted by molar-refractivity contribution is -0.128. The van der Waals surface area contributed by atoms with Gasteiger partial charge in [-0.3, -0.25) is 4.79 Å². The number of hydrogen-bond donors (Lipinski definition) is 1. The molecule has 5 nitrogen and oxygen atoms in total. The molecule has 0 aliphatic carbocycles. The second-order valence-electron chi connectivity index (χ2n) is 8.01. The van der Waals surface area contributed by atoms with Crippen molar-refractivity contribution in [3.8, 4) is 11.5 Å². The fourth-order valence-corrected chi connectivity index (χ4v) is 4.89. The summed E-state index contributed by atoms with van der Waals surface area (Å²) in [6.07, 6.45) is 6.29. The van der Waals surface area contributed by atoms with Gasteiger partial charge in [-0.15, -0.1) is 11.8 Å². The lowest BCUT2D eigenvalue weighted by Gasteiger charge is -2.21. The molecule has 30 heavy (non-hydrogen) atoms. The van der Waals surface area contributed by atoms with E-state index in [1.807, 2.05) is 50.0 Å². The van der Waals surface area contributed by atoms with Crippen molar-refractivity contribution in [1.82, 2.24) is 9.80 Å². The maximum absolute atomic E-state index is 12.9. The van der Waals surface area contributed by atoms with Crippen molar-refractivity contribution in [3.05, 3.63) is 35.4 Å². The number of carbonyl (C=O) groups excluding carboxylic acids is 1. The topological polar surface area (TPSA) is 53.0 Å². The van der Waals surface area contributed by atoms with Gasteiger partial charge < -0.3 is 19.6 Å². The van der Waals surface area contributed by atoms with E-state index in [0.29, 0.717) is 18.6 Å². The molecule has 0 bridgehead atoms. The normalized spacial score (nSPS) is 17.1. The lowest BCUT2D eigenvalue weighted by Crippen LogP contribution is -2.33. The summed E-state index contributed by atoms with van der Waals surface area (Å²) in [4.78, 5) is 17.3. The fourth-order valence-electron chi connectivity index (χ4n) is 3.67. The van der Waals surface area contributed by atoms with Gasteiger partial charge in [0.2, 0.25) is 5.91 Å². The molecular formula is C24H38N2O3S. The number of benzene rings is 1. The molecule has 0 saturated carbocycles. The molecule has 0 spiro atoms. The Labute approximate surface area is 186 Å². The molecule has 1 fully saturated rings. The van der Waals surface area contributed by atoms with Gasteiger partial charge in [0.15, 0.2) is 11.5 Å². The third-order valence-electron chi connectivity index (χ3n) is 5.39. The van der Waals surface area contributed by atoms with E-state index in [1.54, 1.807) is 11.8 Å². The second-order valence-corrected chi connectivity index (χ2v) is 9.17. The summed E-state index contributed by atoms with van der Waals surface area (Å²) in [5.74, 6) is 1.71. The number of ether oxygens (including phenoxy) is 1. The first-order valence-corrected chi connectivity index (χ1v) is 12.2. The van der Waals surface area contributed by atoms with E-state index in [0.717, 1.165) is 49.6 Å². The zero-order valence-electron chi connectivity index (χ0n) is 19.2. The van der Waals surface area contributed by atoms with Crippen molar-refractivity contribution < 1.29 is 14.6 Å². The van der Waals surface area contributed by atoms with Gasteiger partial charge in [-0.2, -0.15) is 0 Å². The Kier molecular flexibility index (Phi) is 10.1. The first-order valence-electron chi connectivity index (χ1n) is 11.1. The highest BCUT2D eigenvalue weighted by Crippen LogP contribution is 2.35. The number of phenols is 1. The Morgan fingerprint density at radius 3 is 2.70 bits per heavy atom. The maximum atomic E-state index is 12.9. The van der Waals surface area contributed by atoms with Crippen molar-refractivity contribution in [1.29, 1.82) is 0 Å². The van der Waals surface area contributed by atoms with Crippen LogP contribution in [0.25, 0.3) is 0 Å². The predicted molar refractivity (Wildman–Crippen MR) is 126 cm³/mol. The van der Waals surface area contributed by atoms with Crippen molar-refractivity contribution in [2.45, 2.75) is 65.2 Å². The second kappa shape index (κ2) is 12.3. The summed E-state index contributed by atoms with van der Waals surface area (Å²) in [5, 5.41) is 10.5. The number of phenolic OH excluding ortho intramolecular Hbond substituents is 1. The molecule has 1 saturated heterocycles. The molecule has 1 unspecified atom stereocenters. The first-order chi connectivity index (χ1) is 14.4. The van der Waals surface area contributed by atoms with Crippen LogP contribution in [-0.4, -0.2) is 64.2 Å². The Balaban J connectivity index is 2.05. The summed E-state index contributed by atoms with van der Waals surface area (Å²) >= 11 is 1.72. The lowest BCUT2D eigenvalue weighted by atomic mass is 10.0.